The number of anilines is 3. The van der Waals surface area contributed by atoms with Crippen molar-refractivity contribution in [3.8, 4) is 11.5 Å². The van der Waals surface area contributed by atoms with Crippen molar-refractivity contribution in [1.29, 1.82) is 0 Å². The molecule has 0 fully saturated rings. The van der Waals surface area contributed by atoms with Crippen LogP contribution < -0.4 is 31.6 Å². The van der Waals surface area contributed by atoms with Crippen molar-refractivity contribution in [2.24, 2.45) is 5.73 Å². The number of ether oxygens (including phenoxy) is 2. The molecular weight excluding hydrogens is 460 g/mol. The zero-order valence-corrected chi connectivity index (χ0v) is 20.5. The standard InChI is InChI=1S/C27H30N4O5/c1-16(32)22-14-24(35-2)25(36-3)15-23(22)21(26(29)33)13-6-17-4-9-19(10-5-17)30-27(34)31-20-11-7-18(28)8-12-20/h4-5,7-12,14-15,21H,6,13,28H2,1-3H3,(H2,29,33)(H2,30,31,34). The van der Waals surface area contributed by atoms with Gasteiger partial charge in [-0.25, -0.2) is 4.79 Å². The molecule has 3 aromatic carbocycles. The minimum absolute atomic E-state index is 0.204. The van der Waals surface area contributed by atoms with Crippen LogP contribution in [-0.2, 0) is 11.2 Å². The third kappa shape index (κ3) is 6.53. The van der Waals surface area contributed by atoms with Gasteiger partial charge in [0, 0.05) is 22.6 Å². The molecule has 6 N–H and O–H groups in total. The van der Waals surface area contributed by atoms with Crippen molar-refractivity contribution in [2.45, 2.75) is 25.7 Å². The van der Waals surface area contributed by atoms with Crippen molar-refractivity contribution in [3.63, 3.8) is 0 Å². The van der Waals surface area contributed by atoms with Gasteiger partial charge in [0.25, 0.3) is 0 Å². The van der Waals surface area contributed by atoms with Crippen LogP contribution in [0.25, 0.3) is 0 Å². The maximum Gasteiger partial charge on any atom is 0.323 e. The van der Waals surface area contributed by atoms with E-state index in [1.807, 2.05) is 12.1 Å². The summed E-state index contributed by atoms with van der Waals surface area (Å²) in [4.78, 5) is 36.9. The molecule has 0 saturated carbocycles. The van der Waals surface area contributed by atoms with Gasteiger partial charge >= 0.3 is 6.03 Å². The topological polar surface area (TPSA) is 146 Å². The normalized spacial score (nSPS) is 11.3. The summed E-state index contributed by atoms with van der Waals surface area (Å²) < 4.78 is 10.7. The fourth-order valence-electron chi connectivity index (χ4n) is 3.86. The van der Waals surface area contributed by atoms with Gasteiger partial charge in [-0.15, -0.1) is 0 Å². The Kier molecular flexibility index (Phi) is 8.51. The number of methoxy groups -OCH3 is 2. The van der Waals surface area contributed by atoms with Gasteiger partial charge in [0.2, 0.25) is 5.91 Å². The molecule has 1 atom stereocenters. The molecule has 0 bridgehead atoms. The summed E-state index contributed by atoms with van der Waals surface area (Å²) in [6.07, 6.45) is 0.909. The second-order valence-corrected chi connectivity index (χ2v) is 8.24. The number of rotatable bonds is 10. The number of nitrogen functional groups attached to an aromatic ring is 1. The van der Waals surface area contributed by atoms with E-state index >= 15 is 0 Å². The third-order valence-corrected chi connectivity index (χ3v) is 5.76. The van der Waals surface area contributed by atoms with Crippen molar-refractivity contribution in [2.75, 3.05) is 30.6 Å². The molecule has 188 valence electrons. The highest BCUT2D eigenvalue weighted by atomic mass is 16.5. The molecule has 3 rings (SSSR count). The van der Waals surface area contributed by atoms with Crippen LogP contribution in [0.2, 0.25) is 0 Å². The Morgan fingerprint density at radius 3 is 1.89 bits per heavy atom. The van der Waals surface area contributed by atoms with Gasteiger partial charge in [-0.05, 0) is 79.4 Å². The Morgan fingerprint density at radius 2 is 1.39 bits per heavy atom. The Morgan fingerprint density at radius 1 is 0.861 bits per heavy atom. The van der Waals surface area contributed by atoms with Crippen molar-refractivity contribution >= 4 is 34.8 Å². The average Bonchev–Trinajstić information content (AvgIpc) is 2.85. The summed E-state index contributed by atoms with van der Waals surface area (Å²) in [6.45, 7) is 1.43. The first-order valence-electron chi connectivity index (χ1n) is 11.3. The van der Waals surface area contributed by atoms with Crippen LogP contribution in [0.3, 0.4) is 0 Å². The van der Waals surface area contributed by atoms with Crippen LogP contribution in [0.5, 0.6) is 11.5 Å². The number of carbonyl (C=O) groups excluding carboxylic acids is 3. The first kappa shape index (κ1) is 26.1. The largest absolute Gasteiger partial charge is 0.493 e. The van der Waals surface area contributed by atoms with E-state index in [1.54, 1.807) is 48.5 Å². The Bertz CT molecular complexity index is 1240. The van der Waals surface area contributed by atoms with Crippen LogP contribution in [0.4, 0.5) is 21.9 Å². The van der Waals surface area contributed by atoms with Crippen LogP contribution in [-0.4, -0.2) is 31.9 Å². The van der Waals surface area contributed by atoms with E-state index in [9.17, 15) is 14.4 Å². The molecule has 36 heavy (non-hydrogen) atoms. The van der Waals surface area contributed by atoms with E-state index in [0.717, 1.165) is 5.56 Å². The van der Waals surface area contributed by atoms with E-state index in [4.69, 9.17) is 20.9 Å². The van der Waals surface area contributed by atoms with Crippen LogP contribution >= 0.6 is 0 Å². The molecule has 0 aliphatic heterocycles. The highest BCUT2D eigenvalue weighted by Crippen LogP contribution is 2.36. The number of urea groups is 1. The number of hydrogen-bond acceptors (Lipinski definition) is 6. The maximum absolute atomic E-state index is 12.4. The Hall–Kier alpha value is -4.53. The number of primary amides is 1. The van der Waals surface area contributed by atoms with E-state index < -0.39 is 11.8 Å². The first-order valence-corrected chi connectivity index (χ1v) is 11.3. The zero-order valence-electron chi connectivity index (χ0n) is 20.5. The second-order valence-electron chi connectivity index (χ2n) is 8.24. The van der Waals surface area contributed by atoms with E-state index in [1.165, 1.54) is 21.1 Å². The number of carbonyl (C=O) groups is 3. The molecule has 9 heteroatoms. The van der Waals surface area contributed by atoms with Crippen molar-refractivity contribution in [3.05, 3.63) is 77.4 Å². The lowest BCUT2D eigenvalue weighted by atomic mass is 9.87. The fraction of sp³-hybridized carbons (Fsp3) is 0.222. The molecule has 0 heterocycles. The highest BCUT2D eigenvalue weighted by Gasteiger charge is 2.25. The maximum atomic E-state index is 12.4. The number of nitrogens with two attached hydrogens (primary N) is 2. The molecule has 0 aliphatic rings. The number of ketones is 1. The zero-order chi connectivity index (χ0) is 26.2. The highest BCUT2D eigenvalue weighted by molar-refractivity contribution is 6.00. The molecule has 0 spiro atoms. The van der Waals surface area contributed by atoms with Gasteiger partial charge in [0.1, 0.15) is 0 Å². The molecule has 9 nitrogen and oxygen atoms in total. The van der Waals surface area contributed by atoms with Gasteiger partial charge < -0.3 is 31.6 Å². The number of Topliss-reactive ketones (excluding diaryl/α,β-unsaturated/α-hetero) is 1. The minimum Gasteiger partial charge on any atom is -0.493 e. The Labute approximate surface area is 209 Å². The van der Waals surface area contributed by atoms with Crippen LogP contribution in [0.15, 0.2) is 60.7 Å². The van der Waals surface area contributed by atoms with Gasteiger partial charge in [-0.3, -0.25) is 9.59 Å². The first-order chi connectivity index (χ1) is 17.2. The van der Waals surface area contributed by atoms with Crippen LogP contribution in [0, 0.1) is 0 Å². The second kappa shape index (κ2) is 11.7. The molecule has 0 aromatic heterocycles. The number of benzene rings is 3. The molecule has 3 amide bonds. The monoisotopic (exact) mass is 490 g/mol. The predicted molar refractivity (Wildman–Crippen MR) is 140 cm³/mol. The Balaban J connectivity index is 1.69. The molecule has 1 unspecified atom stereocenters. The quantitative estimate of drug-likeness (QED) is 0.246. The number of hydrogen-bond donors (Lipinski definition) is 4. The van der Waals surface area contributed by atoms with Gasteiger partial charge in [-0.1, -0.05) is 12.1 Å². The summed E-state index contributed by atoms with van der Waals surface area (Å²) in [5, 5.41) is 5.50. The summed E-state index contributed by atoms with van der Waals surface area (Å²) in [6, 6.07) is 16.9. The fourth-order valence-corrected chi connectivity index (χ4v) is 3.86. The molecule has 3 aromatic rings. The number of amides is 3. The smallest absolute Gasteiger partial charge is 0.323 e. The number of aryl methyl sites for hydroxylation is 1. The van der Waals surface area contributed by atoms with E-state index in [0.29, 0.717) is 52.5 Å². The SMILES string of the molecule is COc1cc(C(C)=O)c(C(CCc2ccc(NC(=O)Nc3ccc(N)cc3)cc2)C(N)=O)cc1OC. The molecular formula is C27H30N4O5. The summed E-state index contributed by atoms with van der Waals surface area (Å²) in [5.74, 6) is -0.631. The van der Waals surface area contributed by atoms with E-state index in [2.05, 4.69) is 10.6 Å². The molecule has 0 radical (unpaired) electrons. The van der Waals surface area contributed by atoms with E-state index in [-0.39, 0.29) is 11.8 Å². The van der Waals surface area contributed by atoms with Gasteiger partial charge in [0.15, 0.2) is 17.3 Å². The number of nitrogens with one attached hydrogen (secondary N) is 2. The van der Waals surface area contributed by atoms with Crippen molar-refractivity contribution < 1.29 is 23.9 Å². The summed E-state index contributed by atoms with van der Waals surface area (Å²) in [5.41, 5.74) is 15.0. The van der Waals surface area contributed by atoms with Gasteiger partial charge in [-0.2, -0.15) is 0 Å². The summed E-state index contributed by atoms with van der Waals surface area (Å²) >= 11 is 0. The minimum atomic E-state index is -0.702. The molecule has 0 saturated heterocycles. The summed E-state index contributed by atoms with van der Waals surface area (Å²) in [7, 11) is 2.97. The average molecular weight is 491 g/mol. The molecule has 0 aliphatic carbocycles. The lowest BCUT2D eigenvalue weighted by Gasteiger charge is -2.19. The lowest BCUT2D eigenvalue weighted by Crippen LogP contribution is -2.24. The van der Waals surface area contributed by atoms with Crippen LogP contribution in [0.1, 0.15) is 40.7 Å². The lowest BCUT2D eigenvalue weighted by molar-refractivity contribution is -0.119. The predicted octanol–water partition coefficient (Wildman–Crippen LogP) is 4.33. The van der Waals surface area contributed by atoms with Gasteiger partial charge in [0.05, 0.1) is 20.1 Å². The third-order valence-electron chi connectivity index (χ3n) is 5.76. The van der Waals surface area contributed by atoms with Crippen molar-refractivity contribution in [1.82, 2.24) is 0 Å².